The Balaban J connectivity index is 2.37. The molecular weight excluding hydrogens is 248 g/mol. The zero-order valence-electron chi connectivity index (χ0n) is 9.75. The second-order valence-corrected chi connectivity index (χ2v) is 4.95. The molecular formula is C14H12O3S. The molecule has 0 aliphatic heterocycles. The van der Waals surface area contributed by atoms with E-state index in [1.54, 1.807) is 13.0 Å². The van der Waals surface area contributed by atoms with Crippen molar-refractivity contribution in [3.63, 3.8) is 0 Å². The molecule has 2 N–H and O–H groups in total. The molecule has 0 fully saturated rings. The Bertz CT molecular complexity index is 556. The van der Waals surface area contributed by atoms with E-state index in [1.165, 1.54) is 17.8 Å². The van der Waals surface area contributed by atoms with Crippen molar-refractivity contribution in [1.29, 1.82) is 0 Å². The van der Waals surface area contributed by atoms with Gasteiger partial charge < -0.3 is 10.2 Å². The summed E-state index contributed by atoms with van der Waals surface area (Å²) in [5.41, 5.74) is 0.851. The average molecular weight is 260 g/mol. The van der Waals surface area contributed by atoms with Gasteiger partial charge in [0, 0.05) is 4.90 Å². The first-order valence-corrected chi connectivity index (χ1v) is 6.19. The highest BCUT2D eigenvalue weighted by Crippen LogP contribution is 2.37. The predicted octanol–water partition coefficient (Wildman–Crippen LogP) is 3.55. The topological polar surface area (TPSA) is 57.5 Å². The van der Waals surface area contributed by atoms with Crippen LogP contribution in [0.25, 0.3) is 0 Å². The second-order valence-electron chi connectivity index (χ2n) is 3.86. The lowest BCUT2D eigenvalue weighted by molar-refractivity contribution is 0.0696. The Morgan fingerprint density at radius 2 is 1.83 bits per heavy atom. The molecule has 2 aromatic carbocycles. The van der Waals surface area contributed by atoms with E-state index in [1.807, 2.05) is 30.3 Å². The Morgan fingerprint density at radius 3 is 2.39 bits per heavy atom. The number of phenols is 1. The molecule has 0 unspecified atom stereocenters. The average Bonchev–Trinajstić information content (AvgIpc) is 2.34. The van der Waals surface area contributed by atoms with Gasteiger partial charge in [0.2, 0.25) is 0 Å². The number of hydrogen-bond acceptors (Lipinski definition) is 3. The van der Waals surface area contributed by atoms with Gasteiger partial charge in [0.25, 0.3) is 0 Å². The van der Waals surface area contributed by atoms with Crippen molar-refractivity contribution in [2.45, 2.75) is 16.7 Å². The fourth-order valence-electron chi connectivity index (χ4n) is 1.62. The van der Waals surface area contributed by atoms with Crippen molar-refractivity contribution < 1.29 is 15.0 Å². The first kappa shape index (κ1) is 12.5. The molecule has 0 saturated heterocycles. The molecule has 0 aliphatic rings. The van der Waals surface area contributed by atoms with Crippen LogP contribution in [0.15, 0.2) is 52.3 Å². The monoisotopic (exact) mass is 260 g/mol. The SMILES string of the molecule is Cc1cc(C(=O)O)cc(O)c1Sc1ccccc1. The van der Waals surface area contributed by atoms with Gasteiger partial charge in [-0.25, -0.2) is 4.79 Å². The zero-order valence-corrected chi connectivity index (χ0v) is 10.6. The summed E-state index contributed by atoms with van der Waals surface area (Å²) in [6.45, 7) is 1.79. The Morgan fingerprint density at radius 1 is 1.17 bits per heavy atom. The standard InChI is InChI=1S/C14H12O3S/c1-9-7-10(14(16)17)8-12(15)13(9)18-11-5-3-2-4-6-11/h2-8,15H,1H3,(H,16,17). The van der Waals surface area contributed by atoms with Gasteiger partial charge in [-0.15, -0.1) is 0 Å². The molecule has 2 aromatic rings. The van der Waals surface area contributed by atoms with Gasteiger partial charge in [0.05, 0.1) is 10.5 Å². The summed E-state index contributed by atoms with van der Waals surface area (Å²) in [6, 6.07) is 12.5. The zero-order chi connectivity index (χ0) is 13.1. The number of aromatic carboxylic acids is 1. The third-order valence-corrected chi connectivity index (χ3v) is 3.71. The summed E-state index contributed by atoms with van der Waals surface area (Å²) < 4.78 is 0. The van der Waals surface area contributed by atoms with Crippen LogP contribution in [-0.4, -0.2) is 16.2 Å². The minimum Gasteiger partial charge on any atom is -0.507 e. The van der Waals surface area contributed by atoms with Crippen molar-refractivity contribution in [3.8, 4) is 5.75 Å². The fraction of sp³-hybridized carbons (Fsp3) is 0.0714. The fourth-order valence-corrected chi connectivity index (χ4v) is 2.53. The van der Waals surface area contributed by atoms with Crippen LogP contribution >= 0.6 is 11.8 Å². The lowest BCUT2D eigenvalue weighted by Crippen LogP contribution is -1.97. The number of rotatable bonds is 3. The van der Waals surface area contributed by atoms with Crippen LogP contribution in [0.1, 0.15) is 15.9 Å². The maximum absolute atomic E-state index is 10.9. The molecule has 0 bridgehead atoms. The lowest BCUT2D eigenvalue weighted by Gasteiger charge is -2.09. The van der Waals surface area contributed by atoms with E-state index >= 15 is 0 Å². The van der Waals surface area contributed by atoms with Crippen LogP contribution in [-0.2, 0) is 0 Å². The van der Waals surface area contributed by atoms with Crippen molar-refractivity contribution in [2.75, 3.05) is 0 Å². The number of carboxylic acids is 1. The molecule has 92 valence electrons. The lowest BCUT2D eigenvalue weighted by atomic mass is 10.1. The molecule has 0 radical (unpaired) electrons. The normalized spacial score (nSPS) is 10.3. The summed E-state index contributed by atoms with van der Waals surface area (Å²) in [6.07, 6.45) is 0. The van der Waals surface area contributed by atoms with E-state index in [4.69, 9.17) is 5.11 Å². The summed E-state index contributed by atoms with van der Waals surface area (Å²) in [5.74, 6) is -1.04. The molecule has 0 spiro atoms. The largest absolute Gasteiger partial charge is 0.507 e. The van der Waals surface area contributed by atoms with Gasteiger partial charge in [-0.3, -0.25) is 0 Å². The molecule has 0 heterocycles. The Labute approximate surface area is 109 Å². The molecule has 0 amide bonds. The first-order valence-electron chi connectivity index (χ1n) is 5.37. The van der Waals surface area contributed by atoms with Crippen LogP contribution in [0, 0.1) is 6.92 Å². The summed E-state index contributed by atoms with van der Waals surface area (Å²) in [7, 11) is 0. The number of phenolic OH excluding ortho intramolecular Hbond substituents is 1. The molecule has 18 heavy (non-hydrogen) atoms. The van der Waals surface area contributed by atoms with Crippen molar-refractivity contribution in [1.82, 2.24) is 0 Å². The van der Waals surface area contributed by atoms with Gasteiger partial charge in [-0.05, 0) is 36.8 Å². The molecule has 3 nitrogen and oxygen atoms in total. The van der Waals surface area contributed by atoms with E-state index in [-0.39, 0.29) is 11.3 Å². The van der Waals surface area contributed by atoms with E-state index in [2.05, 4.69) is 0 Å². The molecule has 0 aromatic heterocycles. The van der Waals surface area contributed by atoms with Crippen LogP contribution in [0.5, 0.6) is 5.75 Å². The van der Waals surface area contributed by atoms with E-state index in [9.17, 15) is 9.90 Å². The Hall–Kier alpha value is -1.94. The number of carbonyl (C=O) groups is 1. The summed E-state index contributed by atoms with van der Waals surface area (Å²) >= 11 is 1.42. The molecule has 0 saturated carbocycles. The summed E-state index contributed by atoms with van der Waals surface area (Å²) in [5, 5.41) is 18.8. The van der Waals surface area contributed by atoms with E-state index < -0.39 is 5.97 Å². The van der Waals surface area contributed by atoms with Gasteiger partial charge >= 0.3 is 5.97 Å². The van der Waals surface area contributed by atoms with Crippen molar-refractivity contribution in [2.24, 2.45) is 0 Å². The third-order valence-electron chi connectivity index (χ3n) is 2.47. The van der Waals surface area contributed by atoms with Crippen LogP contribution in [0.2, 0.25) is 0 Å². The van der Waals surface area contributed by atoms with Crippen LogP contribution in [0.3, 0.4) is 0 Å². The smallest absolute Gasteiger partial charge is 0.335 e. The first-order chi connectivity index (χ1) is 8.58. The van der Waals surface area contributed by atoms with Crippen LogP contribution in [0.4, 0.5) is 0 Å². The van der Waals surface area contributed by atoms with E-state index in [0.29, 0.717) is 4.90 Å². The molecule has 0 atom stereocenters. The molecule has 4 heteroatoms. The van der Waals surface area contributed by atoms with Gasteiger partial charge in [-0.1, -0.05) is 30.0 Å². The quantitative estimate of drug-likeness (QED) is 0.886. The molecule has 0 aliphatic carbocycles. The number of benzene rings is 2. The number of hydrogen-bond donors (Lipinski definition) is 2. The summed E-state index contributed by atoms with van der Waals surface area (Å²) in [4.78, 5) is 12.5. The van der Waals surface area contributed by atoms with Gasteiger partial charge in [0.15, 0.2) is 0 Å². The predicted molar refractivity (Wildman–Crippen MR) is 70.4 cm³/mol. The van der Waals surface area contributed by atoms with E-state index in [0.717, 1.165) is 10.5 Å². The number of aromatic hydroxyl groups is 1. The maximum Gasteiger partial charge on any atom is 0.335 e. The molecule has 2 rings (SSSR count). The number of aryl methyl sites for hydroxylation is 1. The second kappa shape index (κ2) is 5.14. The number of carboxylic acid groups (broad SMARTS) is 1. The highest BCUT2D eigenvalue weighted by atomic mass is 32.2. The Kier molecular flexibility index (Phi) is 3.58. The third kappa shape index (κ3) is 2.65. The highest BCUT2D eigenvalue weighted by molar-refractivity contribution is 7.99. The van der Waals surface area contributed by atoms with Crippen molar-refractivity contribution >= 4 is 17.7 Å². The van der Waals surface area contributed by atoms with Crippen LogP contribution < -0.4 is 0 Å². The van der Waals surface area contributed by atoms with Gasteiger partial charge in [0.1, 0.15) is 5.75 Å². The van der Waals surface area contributed by atoms with Crippen molar-refractivity contribution in [3.05, 3.63) is 53.6 Å². The minimum absolute atomic E-state index is 0.00116. The highest BCUT2D eigenvalue weighted by Gasteiger charge is 2.12. The van der Waals surface area contributed by atoms with Gasteiger partial charge in [-0.2, -0.15) is 0 Å². The minimum atomic E-state index is -1.04. The maximum atomic E-state index is 10.9.